The summed E-state index contributed by atoms with van der Waals surface area (Å²) >= 11 is 0. The van der Waals surface area contributed by atoms with Crippen LogP contribution in [-0.2, 0) is 4.79 Å². The number of para-hydroxylation sites is 1. The number of halogens is 1. The molecular weight excluding hydrogens is 269 g/mol. The van der Waals surface area contributed by atoms with Gasteiger partial charge in [-0.05, 0) is 35.9 Å². The Morgan fingerprint density at radius 1 is 1.10 bits per heavy atom. The predicted molar refractivity (Wildman–Crippen MR) is 80.4 cm³/mol. The molecule has 3 nitrogen and oxygen atoms in total. The fourth-order valence-electron chi connectivity index (χ4n) is 1.66. The molecule has 0 heterocycles. The molecule has 0 aliphatic rings. The molecule has 0 aliphatic carbocycles. The number of carbonyl (C=O) groups is 1. The number of rotatable bonds is 6. The third kappa shape index (κ3) is 5.48. The van der Waals surface area contributed by atoms with Crippen molar-refractivity contribution in [1.82, 2.24) is 5.32 Å². The molecule has 0 bridgehead atoms. The maximum atomic E-state index is 12.7. The second-order valence-electron chi connectivity index (χ2n) is 4.34. The van der Waals surface area contributed by atoms with Crippen LogP contribution in [0.3, 0.4) is 0 Å². The molecule has 2 aromatic rings. The van der Waals surface area contributed by atoms with Crippen molar-refractivity contribution in [2.75, 3.05) is 13.2 Å². The first kappa shape index (κ1) is 14.8. The Labute approximate surface area is 123 Å². The fourth-order valence-corrected chi connectivity index (χ4v) is 1.66. The molecule has 1 amide bonds. The van der Waals surface area contributed by atoms with Crippen molar-refractivity contribution in [1.29, 1.82) is 0 Å². The zero-order chi connectivity index (χ0) is 14.9. The van der Waals surface area contributed by atoms with Gasteiger partial charge in [-0.15, -0.1) is 0 Å². The summed E-state index contributed by atoms with van der Waals surface area (Å²) < 4.78 is 18.2. The van der Waals surface area contributed by atoms with Crippen molar-refractivity contribution in [3.8, 4) is 5.75 Å². The maximum Gasteiger partial charge on any atom is 0.244 e. The van der Waals surface area contributed by atoms with Crippen molar-refractivity contribution in [2.45, 2.75) is 0 Å². The number of amides is 1. The van der Waals surface area contributed by atoms with Crippen molar-refractivity contribution >= 4 is 12.0 Å². The van der Waals surface area contributed by atoms with Crippen molar-refractivity contribution in [3.05, 3.63) is 72.1 Å². The minimum atomic E-state index is -0.297. The van der Waals surface area contributed by atoms with Crippen LogP contribution in [0.25, 0.3) is 6.08 Å². The van der Waals surface area contributed by atoms with Crippen LogP contribution in [0.4, 0.5) is 4.39 Å². The SMILES string of the molecule is O=C(/C=C/c1ccc(F)cc1)NCCOc1ccccc1. The molecule has 0 unspecified atom stereocenters. The lowest BCUT2D eigenvalue weighted by atomic mass is 10.2. The molecule has 0 atom stereocenters. The summed E-state index contributed by atoms with van der Waals surface area (Å²) in [5, 5.41) is 2.71. The molecule has 2 rings (SSSR count). The van der Waals surface area contributed by atoms with Gasteiger partial charge in [-0.3, -0.25) is 4.79 Å². The molecule has 0 saturated heterocycles. The molecule has 0 aliphatic heterocycles. The van der Waals surface area contributed by atoms with E-state index in [-0.39, 0.29) is 11.7 Å². The Morgan fingerprint density at radius 3 is 2.52 bits per heavy atom. The largest absolute Gasteiger partial charge is 0.492 e. The minimum Gasteiger partial charge on any atom is -0.492 e. The monoisotopic (exact) mass is 285 g/mol. The van der Waals surface area contributed by atoms with Crippen molar-refractivity contribution in [2.24, 2.45) is 0 Å². The Kier molecular flexibility index (Phi) is 5.52. The van der Waals surface area contributed by atoms with E-state index >= 15 is 0 Å². The van der Waals surface area contributed by atoms with Gasteiger partial charge in [-0.2, -0.15) is 0 Å². The van der Waals surface area contributed by atoms with Crippen molar-refractivity contribution < 1.29 is 13.9 Å². The van der Waals surface area contributed by atoms with Gasteiger partial charge in [0.25, 0.3) is 0 Å². The number of ether oxygens (including phenoxy) is 1. The standard InChI is InChI=1S/C17H16FNO2/c18-15-9-6-14(7-10-15)8-11-17(20)19-12-13-21-16-4-2-1-3-5-16/h1-11H,12-13H2,(H,19,20)/b11-8+. The Balaban J connectivity index is 1.69. The lowest BCUT2D eigenvalue weighted by Crippen LogP contribution is -2.26. The number of carbonyl (C=O) groups excluding carboxylic acids is 1. The van der Waals surface area contributed by atoms with Gasteiger partial charge in [0.05, 0.1) is 6.54 Å². The minimum absolute atomic E-state index is 0.212. The lowest BCUT2D eigenvalue weighted by Gasteiger charge is -2.06. The summed E-state index contributed by atoms with van der Waals surface area (Å²) in [6.07, 6.45) is 3.04. The molecule has 2 aromatic carbocycles. The average Bonchev–Trinajstić information content (AvgIpc) is 2.52. The van der Waals surface area contributed by atoms with E-state index in [2.05, 4.69) is 5.32 Å². The highest BCUT2D eigenvalue weighted by Crippen LogP contribution is 2.07. The summed E-state index contributed by atoms with van der Waals surface area (Å²) in [7, 11) is 0. The normalized spacial score (nSPS) is 10.5. The zero-order valence-corrected chi connectivity index (χ0v) is 11.5. The molecule has 108 valence electrons. The predicted octanol–water partition coefficient (Wildman–Crippen LogP) is 3.03. The maximum absolute atomic E-state index is 12.7. The van der Waals surface area contributed by atoms with Crippen LogP contribution in [0.5, 0.6) is 5.75 Å². The van der Waals surface area contributed by atoms with Gasteiger partial charge in [0.2, 0.25) is 5.91 Å². The molecular formula is C17H16FNO2. The summed E-state index contributed by atoms with van der Waals surface area (Å²) in [6, 6.07) is 15.3. The van der Waals surface area contributed by atoms with Crippen molar-refractivity contribution in [3.63, 3.8) is 0 Å². The van der Waals surface area contributed by atoms with E-state index in [0.29, 0.717) is 13.2 Å². The van der Waals surface area contributed by atoms with Crippen LogP contribution in [0, 0.1) is 5.82 Å². The van der Waals surface area contributed by atoms with E-state index in [1.807, 2.05) is 30.3 Å². The van der Waals surface area contributed by atoms with E-state index in [4.69, 9.17) is 4.74 Å². The molecule has 21 heavy (non-hydrogen) atoms. The first-order valence-corrected chi connectivity index (χ1v) is 6.63. The van der Waals surface area contributed by atoms with Gasteiger partial charge in [0, 0.05) is 6.08 Å². The van der Waals surface area contributed by atoms with Gasteiger partial charge >= 0.3 is 0 Å². The molecule has 0 radical (unpaired) electrons. The summed E-state index contributed by atoms with van der Waals surface area (Å²) in [5.74, 6) is 0.263. The van der Waals surface area contributed by atoms with Crippen LogP contribution in [0.2, 0.25) is 0 Å². The number of benzene rings is 2. The van der Waals surface area contributed by atoms with E-state index < -0.39 is 0 Å². The second kappa shape index (κ2) is 7.85. The second-order valence-corrected chi connectivity index (χ2v) is 4.34. The highest BCUT2D eigenvalue weighted by molar-refractivity contribution is 5.91. The number of hydrogen-bond acceptors (Lipinski definition) is 2. The number of nitrogens with one attached hydrogen (secondary N) is 1. The average molecular weight is 285 g/mol. The highest BCUT2D eigenvalue weighted by Gasteiger charge is 1.96. The van der Waals surface area contributed by atoms with Gasteiger partial charge < -0.3 is 10.1 Å². The van der Waals surface area contributed by atoms with E-state index in [0.717, 1.165) is 11.3 Å². The third-order valence-electron chi connectivity index (χ3n) is 2.71. The molecule has 4 heteroatoms. The Hall–Kier alpha value is -2.62. The van der Waals surface area contributed by atoms with Gasteiger partial charge in [0.15, 0.2) is 0 Å². The van der Waals surface area contributed by atoms with Crippen LogP contribution in [0.15, 0.2) is 60.7 Å². The van der Waals surface area contributed by atoms with Crippen LogP contribution in [0.1, 0.15) is 5.56 Å². The van der Waals surface area contributed by atoms with Gasteiger partial charge in [-0.25, -0.2) is 4.39 Å². The van der Waals surface area contributed by atoms with Crippen LogP contribution < -0.4 is 10.1 Å². The smallest absolute Gasteiger partial charge is 0.244 e. The number of hydrogen-bond donors (Lipinski definition) is 1. The van der Waals surface area contributed by atoms with E-state index in [9.17, 15) is 9.18 Å². The van der Waals surface area contributed by atoms with Crippen LogP contribution >= 0.6 is 0 Å². The summed E-state index contributed by atoms with van der Waals surface area (Å²) in [4.78, 5) is 11.6. The molecule has 0 fully saturated rings. The quantitative estimate of drug-likeness (QED) is 0.654. The fraction of sp³-hybridized carbons (Fsp3) is 0.118. The lowest BCUT2D eigenvalue weighted by molar-refractivity contribution is -0.116. The van der Waals surface area contributed by atoms with Gasteiger partial charge in [-0.1, -0.05) is 30.3 Å². The van der Waals surface area contributed by atoms with Gasteiger partial charge in [0.1, 0.15) is 18.2 Å². The zero-order valence-electron chi connectivity index (χ0n) is 11.5. The molecule has 0 saturated carbocycles. The summed E-state index contributed by atoms with van der Waals surface area (Å²) in [5.41, 5.74) is 0.770. The first-order chi connectivity index (χ1) is 10.2. The topological polar surface area (TPSA) is 38.3 Å². The third-order valence-corrected chi connectivity index (χ3v) is 2.71. The first-order valence-electron chi connectivity index (χ1n) is 6.63. The van der Waals surface area contributed by atoms with Crippen LogP contribution in [-0.4, -0.2) is 19.1 Å². The Morgan fingerprint density at radius 2 is 1.81 bits per heavy atom. The molecule has 1 N–H and O–H groups in total. The van der Waals surface area contributed by atoms with E-state index in [1.54, 1.807) is 18.2 Å². The Bertz CT molecular complexity index is 594. The van der Waals surface area contributed by atoms with E-state index in [1.165, 1.54) is 18.2 Å². The summed E-state index contributed by atoms with van der Waals surface area (Å²) in [6.45, 7) is 0.821. The highest BCUT2D eigenvalue weighted by atomic mass is 19.1. The molecule has 0 aromatic heterocycles. The molecule has 0 spiro atoms.